The fourth-order valence-corrected chi connectivity index (χ4v) is 15.0. The first-order valence-corrected chi connectivity index (χ1v) is 27.0. The van der Waals surface area contributed by atoms with Crippen molar-refractivity contribution in [2.75, 3.05) is 40.8 Å². The Bertz CT molecular complexity index is 2220. The van der Waals surface area contributed by atoms with Gasteiger partial charge in [0.15, 0.2) is 5.79 Å². The van der Waals surface area contributed by atoms with Crippen LogP contribution in [0.1, 0.15) is 95.4 Å². The molecule has 6 rings (SSSR count). The molecular formula is C58H78O12Si. The van der Waals surface area contributed by atoms with Crippen LogP contribution in [0, 0.1) is 23.2 Å². The highest BCUT2D eigenvalue weighted by atomic mass is 28.4. The molecule has 2 fully saturated rings. The number of aliphatic hydroxyl groups is 1. The largest absolute Gasteiger partial charge is 0.458 e. The van der Waals surface area contributed by atoms with E-state index in [9.17, 15) is 14.7 Å². The maximum Gasteiger partial charge on any atom is 0.338 e. The van der Waals surface area contributed by atoms with E-state index >= 15 is 0 Å². The molecule has 4 aromatic carbocycles. The highest BCUT2D eigenvalue weighted by Gasteiger charge is 2.68. The third-order valence-corrected chi connectivity index (χ3v) is 20.0. The number of hydrogen-bond acceptors (Lipinski definition) is 12. The van der Waals surface area contributed by atoms with Gasteiger partial charge >= 0.3 is 11.9 Å². The topological polar surface area (TPSA) is 137 Å². The van der Waals surface area contributed by atoms with Gasteiger partial charge in [-0.15, -0.1) is 6.58 Å². The number of rotatable bonds is 24. The normalized spacial score (nSPS) is 24.4. The number of ether oxygens (including phenoxy) is 8. The molecule has 1 spiro atoms. The summed E-state index contributed by atoms with van der Waals surface area (Å²) in [7, 11) is 0.244. The minimum absolute atomic E-state index is 0.0964. The third kappa shape index (κ3) is 12.6. The lowest BCUT2D eigenvalue weighted by Gasteiger charge is -2.51. The van der Waals surface area contributed by atoms with E-state index in [-0.39, 0.29) is 36.5 Å². The molecule has 0 bridgehead atoms. The first kappa shape index (κ1) is 55.8. The fourth-order valence-electron chi connectivity index (χ4n) is 10.5. The number of hydrogen-bond donors (Lipinski definition) is 1. The molecule has 2 saturated heterocycles. The second-order valence-electron chi connectivity index (χ2n) is 20.8. The average Bonchev–Trinajstić information content (AvgIpc) is 3.58. The molecule has 0 radical (unpaired) electrons. The van der Waals surface area contributed by atoms with Crippen LogP contribution in [0.4, 0.5) is 0 Å². The van der Waals surface area contributed by atoms with Crippen LogP contribution in [0.5, 0.6) is 0 Å². The van der Waals surface area contributed by atoms with Gasteiger partial charge in [0, 0.05) is 56.8 Å². The Hall–Kier alpha value is -4.54. The van der Waals surface area contributed by atoms with E-state index < -0.39 is 80.1 Å². The molecule has 2 heterocycles. The van der Waals surface area contributed by atoms with Crippen LogP contribution in [0.25, 0.3) is 0 Å². The van der Waals surface area contributed by atoms with E-state index in [2.05, 4.69) is 82.8 Å². The lowest BCUT2D eigenvalue weighted by Crippen LogP contribution is -2.66. The van der Waals surface area contributed by atoms with Crippen LogP contribution in [0.15, 0.2) is 134 Å². The van der Waals surface area contributed by atoms with Crippen molar-refractivity contribution in [1.82, 2.24) is 0 Å². The first-order valence-electron chi connectivity index (χ1n) is 25.1. The van der Waals surface area contributed by atoms with Crippen molar-refractivity contribution in [3.05, 3.63) is 145 Å². The summed E-state index contributed by atoms with van der Waals surface area (Å²) in [5.74, 6) is -3.55. The van der Waals surface area contributed by atoms with Crippen LogP contribution >= 0.6 is 0 Å². The molecular weight excluding hydrogens is 917 g/mol. The van der Waals surface area contributed by atoms with Crippen molar-refractivity contribution in [3.63, 3.8) is 0 Å². The summed E-state index contributed by atoms with van der Waals surface area (Å²) in [6, 6.07) is 38.8. The summed E-state index contributed by atoms with van der Waals surface area (Å²) in [5.41, 5.74) is -0.141. The Balaban J connectivity index is 1.39. The molecule has 0 aromatic heterocycles. The van der Waals surface area contributed by atoms with Gasteiger partial charge in [0.2, 0.25) is 0 Å². The van der Waals surface area contributed by atoms with Gasteiger partial charge in [0.1, 0.15) is 25.1 Å². The highest BCUT2D eigenvalue weighted by Crippen LogP contribution is 2.56. The van der Waals surface area contributed by atoms with Crippen LogP contribution in [-0.4, -0.2) is 115 Å². The van der Waals surface area contributed by atoms with E-state index in [0.29, 0.717) is 37.4 Å². The molecule has 12 nitrogen and oxygen atoms in total. The van der Waals surface area contributed by atoms with Crippen molar-refractivity contribution < 1.29 is 57.0 Å². The van der Waals surface area contributed by atoms with Crippen LogP contribution in [0.3, 0.4) is 0 Å². The van der Waals surface area contributed by atoms with Gasteiger partial charge < -0.3 is 47.4 Å². The van der Waals surface area contributed by atoms with E-state index in [0.717, 1.165) is 10.4 Å². The third-order valence-electron chi connectivity index (χ3n) is 14.9. The van der Waals surface area contributed by atoms with Crippen molar-refractivity contribution in [2.45, 2.75) is 128 Å². The number of carbonyl (C=O) groups excluding carboxylic acids is 2. The van der Waals surface area contributed by atoms with Crippen molar-refractivity contribution in [1.29, 1.82) is 0 Å². The Morgan fingerprint density at radius 2 is 1.37 bits per heavy atom. The van der Waals surface area contributed by atoms with Gasteiger partial charge in [-0.05, 0) is 46.1 Å². The van der Waals surface area contributed by atoms with Crippen molar-refractivity contribution in [2.24, 2.45) is 23.2 Å². The summed E-state index contributed by atoms with van der Waals surface area (Å²) in [4.78, 5) is 27.8. The molecule has 0 saturated carbocycles. The summed E-state index contributed by atoms with van der Waals surface area (Å²) in [6.45, 7) is 21.4. The molecule has 2 aliphatic heterocycles. The number of methoxy groups -OCH3 is 2. The van der Waals surface area contributed by atoms with E-state index in [4.69, 9.17) is 42.3 Å². The fraction of sp³-hybridized carbons (Fsp3) is 0.517. The number of esters is 2. The Morgan fingerprint density at radius 1 is 0.817 bits per heavy atom. The predicted molar refractivity (Wildman–Crippen MR) is 277 cm³/mol. The van der Waals surface area contributed by atoms with E-state index in [1.54, 1.807) is 56.7 Å². The van der Waals surface area contributed by atoms with Crippen molar-refractivity contribution >= 4 is 30.6 Å². The monoisotopic (exact) mass is 995 g/mol. The Kier molecular flexibility index (Phi) is 19.6. The van der Waals surface area contributed by atoms with Gasteiger partial charge in [-0.1, -0.05) is 159 Å². The van der Waals surface area contributed by atoms with Crippen LogP contribution < -0.4 is 10.4 Å². The number of carbonyl (C=O) groups is 2. The summed E-state index contributed by atoms with van der Waals surface area (Å²) in [5, 5.41) is 13.7. The second-order valence-corrected chi connectivity index (χ2v) is 25.1. The molecule has 386 valence electrons. The molecule has 71 heavy (non-hydrogen) atoms. The molecule has 11 atom stereocenters. The maximum atomic E-state index is 14.0. The molecule has 13 heteroatoms. The lowest BCUT2D eigenvalue weighted by molar-refractivity contribution is -0.336. The van der Waals surface area contributed by atoms with Crippen LogP contribution in [-0.2, 0) is 42.3 Å². The van der Waals surface area contributed by atoms with Crippen molar-refractivity contribution in [3.8, 4) is 0 Å². The molecule has 4 aromatic rings. The van der Waals surface area contributed by atoms with E-state index in [1.165, 1.54) is 0 Å². The smallest absolute Gasteiger partial charge is 0.338 e. The first-order chi connectivity index (χ1) is 33.9. The SMILES string of the molecule is C=C[C@@H](C)[C@@H](O)[C@@H](C)[C@H](C[C@H](OC)[C@H]1O[C@]2(C[C@@H](OC(=O)c3ccccc3)[C@H](C)[C@H](CCO[Si](c3ccccc3)(c3ccccc3)C(C)(C)C)O2)C(C)(C)[C@H]1OCOCCOC)OC(=O)c1ccccc1. The molecule has 1 N–H and O–H groups in total. The minimum Gasteiger partial charge on any atom is -0.458 e. The Morgan fingerprint density at radius 3 is 1.89 bits per heavy atom. The summed E-state index contributed by atoms with van der Waals surface area (Å²) in [6.07, 6.45) is -2.86. The molecule has 0 unspecified atom stereocenters. The standard InChI is InChI=1S/C58H78O12Si/c1-12-40(2)51(59)42(4)48(67-54(60)43-25-17-13-18-26-43)37-49(63-11)52-53(65-39-64-36-35-62-10)57(8,9)58(70-52)38-50(68-55(61)44-27-19-14-20-28-44)41(3)47(69-58)33-34-66-71(56(5,6)7,45-29-21-15-22-30-45)46-31-23-16-24-32-46/h12-32,40-42,47-53,59H,1,33-39H2,2-11H3/t40-,41-,42+,47+,48+,49+,50-,51-,52-,53+,58-/m1/s1. The van der Waals surface area contributed by atoms with Gasteiger partial charge in [-0.25, -0.2) is 9.59 Å². The van der Waals surface area contributed by atoms with Gasteiger partial charge in [-0.3, -0.25) is 0 Å². The second kappa shape index (κ2) is 24.9. The van der Waals surface area contributed by atoms with Gasteiger partial charge in [0.05, 0.1) is 48.8 Å². The number of aliphatic hydroxyl groups excluding tert-OH is 1. The zero-order valence-electron chi connectivity index (χ0n) is 43.5. The Labute approximate surface area is 423 Å². The number of benzene rings is 4. The van der Waals surface area contributed by atoms with E-state index in [1.807, 2.05) is 64.1 Å². The molecule has 2 aliphatic rings. The quantitative estimate of drug-likeness (QED) is 0.0236. The lowest BCUT2D eigenvalue weighted by atomic mass is 9.72. The zero-order chi connectivity index (χ0) is 51.4. The summed E-state index contributed by atoms with van der Waals surface area (Å²) < 4.78 is 59.4. The highest BCUT2D eigenvalue weighted by molar-refractivity contribution is 6.99. The molecule has 0 aliphatic carbocycles. The van der Waals surface area contributed by atoms with Gasteiger partial charge in [-0.2, -0.15) is 0 Å². The zero-order valence-corrected chi connectivity index (χ0v) is 44.5. The molecule has 0 amide bonds. The average molecular weight is 995 g/mol. The summed E-state index contributed by atoms with van der Waals surface area (Å²) >= 11 is 0. The van der Waals surface area contributed by atoms with Crippen LogP contribution in [0.2, 0.25) is 5.04 Å². The minimum atomic E-state index is -2.95. The maximum absolute atomic E-state index is 14.0. The predicted octanol–water partition coefficient (Wildman–Crippen LogP) is 9.18. The van der Waals surface area contributed by atoms with Gasteiger partial charge in [0.25, 0.3) is 8.32 Å².